The second kappa shape index (κ2) is 6.86. The van der Waals surface area contributed by atoms with Gasteiger partial charge in [0.15, 0.2) is 0 Å². The standard InChI is InChI=1S/C13H9BCl3FO3/c15-10-4-12(17)13(5-11(10)16)21-6-7-1-8(14(19)20)3-9(18)2-7/h1-5,19-20H,6H2. The molecule has 8 heteroatoms. The summed E-state index contributed by atoms with van der Waals surface area (Å²) in [6.07, 6.45) is 0. The highest BCUT2D eigenvalue weighted by atomic mass is 35.5. The van der Waals surface area contributed by atoms with Crippen LogP contribution in [0.3, 0.4) is 0 Å². The second-order valence-corrected chi connectivity index (χ2v) is 5.47. The van der Waals surface area contributed by atoms with E-state index in [2.05, 4.69) is 0 Å². The Bertz CT molecular complexity index is 667. The van der Waals surface area contributed by atoms with Gasteiger partial charge in [-0.15, -0.1) is 0 Å². The minimum atomic E-state index is -1.76. The topological polar surface area (TPSA) is 49.7 Å². The van der Waals surface area contributed by atoms with Crippen molar-refractivity contribution in [3.8, 4) is 5.75 Å². The van der Waals surface area contributed by atoms with Gasteiger partial charge < -0.3 is 14.8 Å². The van der Waals surface area contributed by atoms with Gasteiger partial charge in [-0.05, 0) is 29.2 Å². The van der Waals surface area contributed by atoms with E-state index in [1.807, 2.05) is 0 Å². The molecular weight excluding hydrogens is 340 g/mol. The summed E-state index contributed by atoms with van der Waals surface area (Å²) >= 11 is 17.6. The lowest BCUT2D eigenvalue weighted by molar-refractivity contribution is 0.306. The molecule has 0 spiro atoms. The third-order valence-corrected chi connectivity index (χ3v) is 3.66. The maximum absolute atomic E-state index is 13.4. The lowest BCUT2D eigenvalue weighted by Gasteiger charge is -2.10. The molecule has 3 nitrogen and oxygen atoms in total. The predicted octanol–water partition coefficient (Wildman–Crippen LogP) is 3.04. The highest BCUT2D eigenvalue weighted by molar-refractivity contribution is 6.58. The molecule has 2 N–H and O–H groups in total. The Balaban J connectivity index is 2.18. The third kappa shape index (κ3) is 4.25. The van der Waals surface area contributed by atoms with Crippen LogP contribution in [0.1, 0.15) is 5.56 Å². The molecule has 2 aromatic rings. The van der Waals surface area contributed by atoms with Crippen molar-refractivity contribution in [1.82, 2.24) is 0 Å². The molecule has 0 radical (unpaired) electrons. The number of rotatable bonds is 4. The summed E-state index contributed by atoms with van der Waals surface area (Å²) in [6.45, 7) is -0.0187. The Morgan fingerprint density at radius 3 is 2.29 bits per heavy atom. The average molecular weight is 349 g/mol. The van der Waals surface area contributed by atoms with Crippen molar-refractivity contribution in [1.29, 1.82) is 0 Å². The van der Waals surface area contributed by atoms with E-state index in [9.17, 15) is 4.39 Å². The van der Waals surface area contributed by atoms with Crippen LogP contribution in [0.25, 0.3) is 0 Å². The van der Waals surface area contributed by atoms with E-state index in [1.54, 1.807) is 0 Å². The van der Waals surface area contributed by atoms with Crippen molar-refractivity contribution in [3.05, 3.63) is 56.8 Å². The number of ether oxygens (including phenoxy) is 1. The van der Waals surface area contributed by atoms with Gasteiger partial charge in [0, 0.05) is 6.07 Å². The van der Waals surface area contributed by atoms with E-state index in [0.717, 1.165) is 6.07 Å². The third-order valence-electron chi connectivity index (χ3n) is 2.65. The summed E-state index contributed by atoms with van der Waals surface area (Å²) in [6, 6.07) is 6.55. The predicted molar refractivity (Wildman–Crippen MR) is 82.0 cm³/mol. The van der Waals surface area contributed by atoms with Crippen LogP contribution < -0.4 is 10.2 Å². The molecule has 0 aliphatic rings. The van der Waals surface area contributed by atoms with E-state index in [1.165, 1.54) is 24.3 Å². The second-order valence-electron chi connectivity index (χ2n) is 4.25. The Hall–Kier alpha value is -0.975. The Labute approximate surface area is 136 Å². The van der Waals surface area contributed by atoms with Gasteiger partial charge >= 0.3 is 7.12 Å². The van der Waals surface area contributed by atoms with Gasteiger partial charge in [-0.25, -0.2) is 4.39 Å². The van der Waals surface area contributed by atoms with Crippen LogP contribution in [0.5, 0.6) is 5.75 Å². The van der Waals surface area contributed by atoms with E-state index in [-0.39, 0.29) is 22.1 Å². The summed E-state index contributed by atoms with van der Waals surface area (Å²) < 4.78 is 18.8. The molecule has 0 heterocycles. The van der Waals surface area contributed by atoms with Crippen LogP contribution >= 0.6 is 34.8 Å². The Kier molecular flexibility index (Phi) is 5.35. The quantitative estimate of drug-likeness (QED) is 0.659. The first kappa shape index (κ1) is 16.4. The fourth-order valence-corrected chi connectivity index (χ4v) is 2.28. The number of benzene rings is 2. The normalized spacial score (nSPS) is 10.6. The highest BCUT2D eigenvalue weighted by Crippen LogP contribution is 2.34. The van der Waals surface area contributed by atoms with Gasteiger partial charge in [-0.1, -0.05) is 40.9 Å². The smallest absolute Gasteiger partial charge is 0.487 e. The lowest BCUT2D eigenvalue weighted by Crippen LogP contribution is -2.30. The minimum Gasteiger partial charge on any atom is -0.487 e. The fourth-order valence-electron chi connectivity index (χ4n) is 1.68. The maximum atomic E-state index is 13.4. The largest absolute Gasteiger partial charge is 0.488 e. The zero-order valence-corrected chi connectivity index (χ0v) is 12.8. The number of halogens is 4. The van der Waals surface area contributed by atoms with E-state index in [0.29, 0.717) is 16.3 Å². The van der Waals surface area contributed by atoms with Crippen molar-refractivity contribution in [3.63, 3.8) is 0 Å². The summed E-state index contributed by atoms with van der Waals surface area (Å²) in [5, 5.41) is 19.0. The Morgan fingerprint density at radius 2 is 1.62 bits per heavy atom. The summed E-state index contributed by atoms with van der Waals surface area (Å²) in [5.41, 5.74) is 0.453. The maximum Gasteiger partial charge on any atom is 0.488 e. The number of hydrogen-bond donors (Lipinski definition) is 2. The highest BCUT2D eigenvalue weighted by Gasteiger charge is 2.14. The molecule has 110 valence electrons. The molecular formula is C13H9BCl3FO3. The van der Waals surface area contributed by atoms with Crippen LogP contribution in [-0.4, -0.2) is 17.2 Å². The van der Waals surface area contributed by atoms with Crippen molar-refractivity contribution in [2.45, 2.75) is 6.61 Å². The first-order chi connectivity index (χ1) is 9.86. The van der Waals surface area contributed by atoms with Crippen LogP contribution in [0.2, 0.25) is 15.1 Å². The molecule has 0 amide bonds. The molecule has 0 saturated carbocycles. The van der Waals surface area contributed by atoms with Crippen LogP contribution in [0.15, 0.2) is 30.3 Å². The molecule has 2 aromatic carbocycles. The summed E-state index contributed by atoms with van der Waals surface area (Å²) in [7, 11) is -1.76. The molecule has 0 aliphatic carbocycles. The molecule has 0 aromatic heterocycles. The molecule has 21 heavy (non-hydrogen) atoms. The molecule has 0 bridgehead atoms. The van der Waals surface area contributed by atoms with Gasteiger partial charge in [0.05, 0.1) is 15.1 Å². The van der Waals surface area contributed by atoms with Gasteiger partial charge in [-0.3, -0.25) is 0 Å². The van der Waals surface area contributed by atoms with Crippen molar-refractivity contribution < 1.29 is 19.2 Å². The first-order valence-corrected chi connectivity index (χ1v) is 6.93. The first-order valence-electron chi connectivity index (χ1n) is 5.79. The van der Waals surface area contributed by atoms with Crippen LogP contribution in [0, 0.1) is 5.82 Å². The average Bonchev–Trinajstić information content (AvgIpc) is 2.40. The van der Waals surface area contributed by atoms with Crippen molar-refractivity contribution in [2.75, 3.05) is 0 Å². The van der Waals surface area contributed by atoms with Crippen LogP contribution in [-0.2, 0) is 6.61 Å². The fraction of sp³-hybridized carbons (Fsp3) is 0.0769. The van der Waals surface area contributed by atoms with E-state index in [4.69, 9.17) is 49.6 Å². The zero-order chi connectivity index (χ0) is 15.6. The lowest BCUT2D eigenvalue weighted by atomic mass is 9.79. The van der Waals surface area contributed by atoms with Gasteiger partial charge in [0.25, 0.3) is 0 Å². The number of hydrogen-bond acceptors (Lipinski definition) is 3. The monoisotopic (exact) mass is 348 g/mol. The van der Waals surface area contributed by atoms with Crippen molar-refractivity contribution >= 4 is 47.4 Å². The molecule has 0 aliphatic heterocycles. The summed E-state index contributed by atoms with van der Waals surface area (Å²) in [4.78, 5) is 0. The molecule has 0 saturated heterocycles. The molecule has 0 fully saturated rings. The molecule has 0 unspecified atom stereocenters. The zero-order valence-electron chi connectivity index (χ0n) is 10.5. The Morgan fingerprint density at radius 1 is 0.952 bits per heavy atom. The van der Waals surface area contributed by atoms with Gasteiger partial charge in [0.1, 0.15) is 18.2 Å². The van der Waals surface area contributed by atoms with E-state index < -0.39 is 12.9 Å². The van der Waals surface area contributed by atoms with Gasteiger partial charge in [0.2, 0.25) is 0 Å². The SMILES string of the molecule is OB(O)c1cc(F)cc(COc2cc(Cl)c(Cl)cc2Cl)c1. The van der Waals surface area contributed by atoms with Gasteiger partial charge in [-0.2, -0.15) is 0 Å². The van der Waals surface area contributed by atoms with Crippen LogP contribution in [0.4, 0.5) is 4.39 Å². The van der Waals surface area contributed by atoms with Crippen molar-refractivity contribution in [2.24, 2.45) is 0 Å². The molecule has 2 rings (SSSR count). The molecule has 0 atom stereocenters. The summed E-state index contributed by atoms with van der Waals surface area (Å²) in [5.74, 6) is -0.305. The van der Waals surface area contributed by atoms with E-state index >= 15 is 0 Å². The minimum absolute atomic E-state index is 0.0187.